The minimum atomic E-state index is 0.528. The van der Waals surface area contributed by atoms with E-state index in [1.807, 2.05) is 0 Å². The van der Waals surface area contributed by atoms with Crippen LogP contribution in [0, 0.1) is 6.92 Å². The van der Waals surface area contributed by atoms with Crippen LogP contribution in [-0.2, 0) is 0 Å². The van der Waals surface area contributed by atoms with Crippen LogP contribution in [0.15, 0.2) is 24.5 Å². The molecule has 0 N–H and O–H groups in total. The lowest BCUT2D eigenvalue weighted by molar-refractivity contribution is 0.268. The van der Waals surface area contributed by atoms with Gasteiger partial charge in [-0.05, 0) is 50.6 Å². The highest BCUT2D eigenvalue weighted by Crippen LogP contribution is 2.30. The molecule has 0 saturated carbocycles. The average molecular weight is 229 g/mol. The Balaban J connectivity index is 2.00. The highest BCUT2D eigenvalue weighted by Gasteiger charge is 2.26. The van der Waals surface area contributed by atoms with Crippen LogP contribution < -0.4 is 0 Å². The fourth-order valence-corrected chi connectivity index (χ4v) is 2.80. The normalized spacial score (nSPS) is 21.4. The minimum absolute atomic E-state index is 0.528. The highest BCUT2D eigenvalue weighted by molar-refractivity contribution is 5.43. The third kappa shape index (κ3) is 1.84. The van der Waals surface area contributed by atoms with Crippen molar-refractivity contribution in [1.82, 2.24) is 14.3 Å². The molecule has 1 fully saturated rings. The van der Waals surface area contributed by atoms with Gasteiger partial charge in [0.25, 0.3) is 0 Å². The molecule has 90 valence electrons. The standard InChI is InChI=1S/C14H19N3/c1-3-16-7-4-5-13(16)12-10-17-8-6-11(2)9-14(17)15-12/h6,8-10,13H,3-5,7H2,1-2H3. The van der Waals surface area contributed by atoms with Gasteiger partial charge in [0.1, 0.15) is 5.65 Å². The molecule has 2 aromatic rings. The average Bonchev–Trinajstić information content (AvgIpc) is 2.93. The van der Waals surface area contributed by atoms with E-state index in [1.165, 1.54) is 30.6 Å². The van der Waals surface area contributed by atoms with E-state index < -0.39 is 0 Å². The number of likely N-dealkylation sites (tertiary alicyclic amines) is 1. The van der Waals surface area contributed by atoms with Gasteiger partial charge >= 0.3 is 0 Å². The number of hydrogen-bond donors (Lipinski definition) is 0. The number of fused-ring (bicyclic) bond motifs is 1. The van der Waals surface area contributed by atoms with E-state index in [9.17, 15) is 0 Å². The Hall–Kier alpha value is -1.35. The Morgan fingerprint density at radius 3 is 3.18 bits per heavy atom. The molecule has 0 amide bonds. The lowest BCUT2D eigenvalue weighted by Crippen LogP contribution is -2.22. The summed E-state index contributed by atoms with van der Waals surface area (Å²) in [7, 11) is 0. The maximum absolute atomic E-state index is 4.78. The molecular formula is C14H19N3. The van der Waals surface area contributed by atoms with Crippen molar-refractivity contribution in [1.29, 1.82) is 0 Å². The molecule has 1 aliphatic heterocycles. The van der Waals surface area contributed by atoms with Crippen LogP contribution in [0.25, 0.3) is 5.65 Å². The fraction of sp³-hybridized carbons (Fsp3) is 0.500. The smallest absolute Gasteiger partial charge is 0.137 e. The first-order chi connectivity index (χ1) is 8.28. The third-order valence-corrected chi connectivity index (χ3v) is 3.75. The molecule has 3 heterocycles. The zero-order chi connectivity index (χ0) is 11.8. The quantitative estimate of drug-likeness (QED) is 0.789. The van der Waals surface area contributed by atoms with Gasteiger partial charge in [0, 0.05) is 12.4 Å². The van der Waals surface area contributed by atoms with Crippen LogP contribution in [0.2, 0.25) is 0 Å². The van der Waals surface area contributed by atoms with Gasteiger partial charge in [-0.2, -0.15) is 0 Å². The Morgan fingerprint density at radius 1 is 1.47 bits per heavy atom. The van der Waals surface area contributed by atoms with Gasteiger partial charge < -0.3 is 4.40 Å². The Labute approximate surface area is 102 Å². The SMILES string of the molecule is CCN1CCCC1c1cn2ccc(C)cc2n1. The Kier molecular flexibility index (Phi) is 2.63. The molecule has 0 bridgehead atoms. The second-order valence-electron chi connectivity index (χ2n) is 4.92. The summed E-state index contributed by atoms with van der Waals surface area (Å²) in [5.41, 5.74) is 3.58. The van der Waals surface area contributed by atoms with E-state index in [-0.39, 0.29) is 0 Å². The predicted octanol–water partition coefficient (Wildman–Crippen LogP) is 2.80. The second-order valence-corrected chi connectivity index (χ2v) is 4.92. The summed E-state index contributed by atoms with van der Waals surface area (Å²) < 4.78 is 2.13. The van der Waals surface area contributed by atoms with Gasteiger partial charge in [0.15, 0.2) is 0 Å². The largest absolute Gasteiger partial charge is 0.307 e. The number of rotatable bonds is 2. The molecule has 1 unspecified atom stereocenters. The van der Waals surface area contributed by atoms with E-state index in [0.29, 0.717) is 6.04 Å². The van der Waals surface area contributed by atoms with Crippen LogP contribution in [0.4, 0.5) is 0 Å². The number of aryl methyl sites for hydroxylation is 1. The van der Waals surface area contributed by atoms with Crippen molar-refractivity contribution < 1.29 is 0 Å². The zero-order valence-electron chi connectivity index (χ0n) is 10.6. The van der Waals surface area contributed by atoms with E-state index >= 15 is 0 Å². The van der Waals surface area contributed by atoms with Gasteiger partial charge in [0.2, 0.25) is 0 Å². The van der Waals surface area contributed by atoms with Crippen molar-refractivity contribution in [3.05, 3.63) is 35.8 Å². The summed E-state index contributed by atoms with van der Waals surface area (Å²) in [6.45, 7) is 6.69. The van der Waals surface area contributed by atoms with Crippen molar-refractivity contribution >= 4 is 5.65 Å². The van der Waals surface area contributed by atoms with E-state index in [2.05, 4.69) is 47.7 Å². The third-order valence-electron chi connectivity index (χ3n) is 3.75. The van der Waals surface area contributed by atoms with Crippen LogP contribution >= 0.6 is 0 Å². The monoisotopic (exact) mass is 229 g/mol. The van der Waals surface area contributed by atoms with Gasteiger partial charge in [-0.15, -0.1) is 0 Å². The summed E-state index contributed by atoms with van der Waals surface area (Å²) >= 11 is 0. The van der Waals surface area contributed by atoms with Gasteiger partial charge in [-0.25, -0.2) is 4.98 Å². The number of nitrogens with zero attached hydrogens (tertiary/aromatic N) is 3. The van der Waals surface area contributed by atoms with Crippen LogP contribution in [0.1, 0.15) is 37.1 Å². The Bertz CT molecular complexity index is 529. The van der Waals surface area contributed by atoms with Crippen molar-refractivity contribution in [2.45, 2.75) is 32.7 Å². The van der Waals surface area contributed by atoms with Crippen molar-refractivity contribution in [2.75, 3.05) is 13.1 Å². The molecule has 0 spiro atoms. The molecule has 1 aliphatic rings. The maximum Gasteiger partial charge on any atom is 0.137 e. The first kappa shape index (κ1) is 10.8. The first-order valence-corrected chi connectivity index (χ1v) is 6.47. The lowest BCUT2D eigenvalue weighted by atomic mass is 10.1. The molecule has 2 aromatic heterocycles. The molecular weight excluding hydrogens is 210 g/mol. The second kappa shape index (κ2) is 4.15. The van der Waals surface area contributed by atoms with E-state index in [1.54, 1.807) is 0 Å². The summed E-state index contributed by atoms with van der Waals surface area (Å²) in [6.07, 6.45) is 6.84. The van der Waals surface area contributed by atoms with Crippen molar-refractivity contribution in [3.8, 4) is 0 Å². The molecule has 3 nitrogen and oxygen atoms in total. The van der Waals surface area contributed by atoms with Crippen LogP contribution in [0.3, 0.4) is 0 Å². The molecule has 3 heteroatoms. The van der Waals surface area contributed by atoms with Gasteiger partial charge in [-0.1, -0.05) is 6.92 Å². The van der Waals surface area contributed by atoms with Gasteiger partial charge in [0.05, 0.1) is 11.7 Å². The number of aromatic nitrogens is 2. The van der Waals surface area contributed by atoms with Crippen LogP contribution in [0.5, 0.6) is 0 Å². The first-order valence-electron chi connectivity index (χ1n) is 6.47. The lowest BCUT2D eigenvalue weighted by Gasteiger charge is -2.20. The highest BCUT2D eigenvalue weighted by atomic mass is 15.2. The molecule has 3 rings (SSSR count). The molecule has 17 heavy (non-hydrogen) atoms. The molecule has 1 atom stereocenters. The number of hydrogen-bond acceptors (Lipinski definition) is 2. The van der Waals surface area contributed by atoms with Crippen molar-refractivity contribution in [2.24, 2.45) is 0 Å². The fourth-order valence-electron chi connectivity index (χ4n) is 2.80. The number of pyridine rings is 1. The summed E-state index contributed by atoms with van der Waals surface area (Å²) in [4.78, 5) is 7.30. The molecule has 1 saturated heterocycles. The molecule has 0 aromatic carbocycles. The van der Waals surface area contributed by atoms with Crippen molar-refractivity contribution in [3.63, 3.8) is 0 Å². The van der Waals surface area contributed by atoms with Crippen LogP contribution in [-0.4, -0.2) is 27.4 Å². The zero-order valence-corrected chi connectivity index (χ0v) is 10.6. The summed E-state index contributed by atoms with van der Waals surface area (Å²) in [6, 6.07) is 4.81. The van der Waals surface area contributed by atoms with E-state index in [0.717, 1.165) is 12.2 Å². The summed E-state index contributed by atoms with van der Waals surface area (Å²) in [5, 5.41) is 0. The topological polar surface area (TPSA) is 20.5 Å². The molecule has 0 aliphatic carbocycles. The Morgan fingerprint density at radius 2 is 2.35 bits per heavy atom. The number of imidazole rings is 1. The van der Waals surface area contributed by atoms with E-state index in [4.69, 9.17) is 4.98 Å². The predicted molar refractivity (Wildman–Crippen MR) is 69.2 cm³/mol. The molecule has 0 radical (unpaired) electrons. The maximum atomic E-state index is 4.78. The minimum Gasteiger partial charge on any atom is -0.307 e. The van der Waals surface area contributed by atoms with Gasteiger partial charge in [-0.3, -0.25) is 4.90 Å². The summed E-state index contributed by atoms with van der Waals surface area (Å²) in [5.74, 6) is 0.